The lowest BCUT2D eigenvalue weighted by Crippen LogP contribution is -2.47. The molecule has 0 saturated heterocycles. The number of benzene rings is 1. The Balaban J connectivity index is 2.42. The largest absolute Gasteiger partial charge is 0.481 e. The molecule has 0 heterocycles. The Morgan fingerprint density at radius 1 is 1.42 bits per heavy atom. The summed E-state index contributed by atoms with van der Waals surface area (Å²) in [5.41, 5.74) is 4.63. The average molecular weight is 347 g/mol. The van der Waals surface area contributed by atoms with Crippen molar-refractivity contribution in [2.45, 2.75) is 13.0 Å². The van der Waals surface area contributed by atoms with Crippen molar-refractivity contribution in [2.75, 3.05) is 12.0 Å². The van der Waals surface area contributed by atoms with Crippen molar-refractivity contribution in [1.29, 1.82) is 0 Å². The van der Waals surface area contributed by atoms with Crippen LogP contribution in [0.25, 0.3) is 0 Å². The minimum Gasteiger partial charge on any atom is -0.481 e. The first-order valence-corrected chi connectivity index (χ1v) is 7.71. The number of thioether (sulfide) groups is 1. The van der Waals surface area contributed by atoms with Gasteiger partial charge in [-0.05, 0) is 31.4 Å². The predicted octanol–water partition coefficient (Wildman–Crippen LogP) is 1.73. The van der Waals surface area contributed by atoms with E-state index >= 15 is 0 Å². The standard InChI is InChI=1S/C12H15BrN2O3S/c1-8(12(17)15-14-11(16)7-19-2)18-10-5-3-4-9(13)6-10/h3-6,8H,7H2,1-2H3,(H,14,16)(H,15,17)/t8-/m0/s1. The normalized spacial score (nSPS) is 11.5. The van der Waals surface area contributed by atoms with Gasteiger partial charge in [0.2, 0.25) is 5.91 Å². The van der Waals surface area contributed by atoms with E-state index in [0.29, 0.717) is 11.5 Å². The van der Waals surface area contributed by atoms with E-state index in [4.69, 9.17) is 4.74 Å². The van der Waals surface area contributed by atoms with Crippen LogP contribution in [0.4, 0.5) is 0 Å². The van der Waals surface area contributed by atoms with Gasteiger partial charge in [-0.25, -0.2) is 0 Å². The first-order valence-electron chi connectivity index (χ1n) is 5.52. The monoisotopic (exact) mass is 346 g/mol. The Morgan fingerprint density at radius 2 is 2.16 bits per heavy atom. The smallest absolute Gasteiger partial charge is 0.279 e. The van der Waals surface area contributed by atoms with Crippen LogP contribution in [0.2, 0.25) is 0 Å². The van der Waals surface area contributed by atoms with E-state index in [1.54, 1.807) is 25.3 Å². The highest BCUT2D eigenvalue weighted by atomic mass is 79.9. The molecule has 0 aliphatic heterocycles. The van der Waals surface area contributed by atoms with Crippen molar-refractivity contribution in [3.05, 3.63) is 28.7 Å². The maximum atomic E-state index is 11.7. The van der Waals surface area contributed by atoms with Gasteiger partial charge in [0.15, 0.2) is 6.10 Å². The molecule has 0 fully saturated rings. The summed E-state index contributed by atoms with van der Waals surface area (Å²) in [4.78, 5) is 22.9. The third-order valence-electron chi connectivity index (χ3n) is 2.08. The summed E-state index contributed by atoms with van der Waals surface area (Å²) in [5.74, 6) is 0.207. The van der Waals surface area contributed by atoms with Crippen molar-refractivity contribution in [3.63, 3.8) is 0 Å². The van der Waals surface area contributed by atoms with Crippen LogP contribution in [0.1, 0.15) is 6.92 Å². The number of hydrazine groups is 1. The first kappa shape index (κ1) is 15.8. The van der Waals surface area contributed by atoms with Gasteiger partial charge < -0.3 is 4.74 Å². The maximum absolute atomic E-state index is 11.7. The molecule has 0 radical (unpaired) electrons. The fraction of sp³-hybridized carbons (Fsp3) is 0.333. The molecular formula is C12H15BrN2O3S. The van der Waals surface area contributed by atoms with E-state index in [1.807, 2.05) is 12.1 Å². The van der Waals surface area contributed by atoms with Crippen molar-refractivity contribution in [2.24, 2.45) is 0 Å². The molecule has 0 spiro atoms. The van der Waals surface area contributed by atoms with E-state index in [2.05, 4.69) is 26.8 Å². The SMILES string of the molecule is CSCC(=O)NNC(=O)[C@H](C)Oc1cccc(Br)c1. The second kappa shape index (κ2) is 8.06. The number of hydrogen-bond donors (Lipinski definition) is 2. The summed E-state index contributed by atoms with van der Waals surface area (Å²) in [7, 11) is 0. The predicted molar refractivity (Wildman–Crippen MR) is 78.9 cm³/mol. The van der Waals surface area contributed by atoms with E-state index < -0.39 is 12.0 Å². The Bertz CT molecular complexity index is 456. The van der Waals surface area contributed by atoms with E-state index in [0.717, 1.165) is 4.47 Å². The van der Waals surface area contributed by atoms with E-state index in [-0.39, 0.29) is 5.91 Å². The van der Waals surface area contributed by atoms with Crippen LogP contribution in [0.5, 0.6) is 5.75 Å². The van der Waals surface area contributed by atoms with Gasteiger partial charge in [0.25, 0.3) is 5.91 Å². The molecule has 2 amide bonds. The van der Waals surface area contributed by atoms with Crippen LogP contribution < -0.4 is 15.6 Å². The van der Waals surface area contributed by atoms with E-state index in [1.165, 1.54) is 11.8 Å². The van der Waals surface area contributed by atoms with Crippen LogP contribution in [0, 0.1) is 0 Å². The van der Waals surface area contributed by atoms with Gasteiger partial charge in [-0.15, -0.1) is 0 Å². The number of nitrogens with one attached hydrogen (secondary N) is 2. The number of carbonyl (C=O) groups is 2. The topological polar surface area (TPSA) is 67.4 Å². The number of ether oxygens (including phenoxy) is 1. The Morgan fingerprint density at radius 3 is 2.79 bits per heavy atom. The molecular weight excluding hydrogens is 332 g/mol. The number of rotatable bonds is 5. The third-order valence-corrected chi connectivity index (χ3v) is 3.12. The molecule has 0 unspecified atom stereocenters. The van der Waals surface area contributed by atoms with Crippen molar-refractivity contribution in [3.8, 4) is 5.75 Å². The van der Waals surface area contributed by atoms with Crippen molar-refractivity contribution < 1.29 is 14.3 Å². The number of amides is 2. The summed E-state index contributed by atoms with van der Waals surface area (Å²) >= 11 is 4.69. The molecule has 1 aromatic carbocycles. The van der Waals surface area contributed by atoms with Gasteiger partial charge in [0.05, 0.1) is 5.75 Å². The lowest BCUT2D eigenvalue weighted by Gasteiger charge is -2.15. The Labute approximate surface area is 124 Å². The molecule has 104 valence electrons. The molecule has 0 bridgehead atoms. The highest BCUT2D eigenvalue weighted by Gasteiger charge is 2.15. The molecule has 0 aliphatic carbocycles. The third kappa shape index (κ3) is 5.98. The highest BCUT2D eigenvalue weighted by Crippen LogP contribution is 2.18. The Kier molecular flexibility index (Phi) is 6.72. The molecule has 1 aromatic rings. The van der Waals surface area contributed by atoms with Crippen LogP contribution in [0.3, 0.4) is 0 Å². The summed E-state index contributed by atoms with van der Waals surface area (Å²) in [6.07, 6.45) is 1.10. The molecule has 5 nitrogen and oxygen atoms in total. The zero-order chi connectivity index (χ0) is 14.3. The van der Waals surface area contributed by atoms with Crippen LogP contribution >= 0.6 is 27.7 Å². The van der Waals surface area contributed by atoms with Crippen molar-refractivity contribution >= 4 is 39.5 Å². The lowest BCUT2D eigenvalue weighted by atomic mass is 10.3. The molecule has 19 heavy (non-hydrogen) atoms. The lowest BCUT2D eigenvalue weighted by molar-refractivity contribution is -0.131. The van der Waals surface area contributed by atoms with Crippen LogP contribution in [-0.2, 0) is 9.59 Å². The summed E-state index contributed by atoms with van der Waals surface area (Å²) in [6, 6.07) is 7.18. The zero-order valence-corrected chi connectivity index (χ0v) is 13.0. The fourth-order valence-corrected chi connectivity index (χ4v) is 1.91. The zero-order valence-electron chi connectivity index (χ0n) is 10.6. The van der Waals surface area contributed by atoms with Gasteiger partial charge in [0, 0.05) is 4.47 Å². The summed E-state index contributed by atoms with van der Waals surface area (Å²) < 4.78 is 6.32. The first-order chi connectivity index (χ1) is 9.02. The molecule has 0 saturated carbocycles. The molecule has 0 aliphatic rings. The second-order valence-electron chi connectivity index (χ2n) is 3.69. The summed E-state index contributed by atoms with van der Waals surface area (Å²) in [5, 5.41) is 0. The number of halogens is 1. The molecule has 1 rings (SSSR count). The number of carbonyl (C=O) groups excluding carboxylic acids is 2. The fourth-order valence-electron chi connectivity index (χ4n) is 1.20. The average Bonchev–Trinajstić information content (AvgIpc) is 2.36. The molecule has 2 N–H and O–H groups in total. The van der Waals surface area contributed by atoms with Gasteiger partial charge in [-0.3, -0.25) is 20.4 Å². The summed E-state index contributed by atoms with van der Waals surface area (Å²) in [6.45, 7) is 1.61. The highest BCUT2D eigenvalue weighted by molar-refractivity contribution is 9.10. The van der Waals surface area contributed by atoms with Crippen LogP contribution in [-0.4, -0.2) is 29.9 Å². The van der Waals surface area contributed by atoms with E-state index in [9.17, 15) is 9.59 Å². The van der Waals surface area contributed by atoms with Gasteiger partial charge in [0.1, 0.15) is 5.75 Å². The van der Waals surface area contributed by atoms with Crippen molar-refractivity contribution in [1.82, 2.24) is 10.9 Å². The minimum absolute atomic E-state index is 0.254. The Hall–Kier alpha value is -1.21. The molecule has 0 aromatic heterocycles. The second-order valence-corrected chi connectivity index (χ2v) is 5.47. The molecule has 1 atom stereocenters. The van der Waals surface area contributed by atoms with Gasteiger partial charge in [-0.1, -0.05) is 22.0 Å². The minimum atomic E-state index is -0.705. The molecule has 7 heteroatoms. The number of hydrogen-bond acceptors (Lipinski definition) is 4. The van der Waals surface area contributed by atoms with Gasteiger partial charge in [-0.2, -0.15) is 11.8 Å². The van der Waals surface area contributed by atoms with Crippen LogP contribution in [0.15, 0.2) is 28.7 Å². The maximum Gasteiger partial charge on any atom is 0.279 e. The van der Waals surface area contributed by atoms with Gasteiger partial charge >= 0.3 is 0 Å². The quantitative estimate of drug-likeness (QED) is 0.796.